The highest BCUT2D eigenvalue weighted by molar-refractivity contribution is 5.94. The van der Waals surface area contributed by atoms with Gasteiger partial charge in [-0.15, -0.1) is 0 Å². The molecule has 2 amide bonds. The van der Waals surface area contributed by atoms with Crippen LogP contribution in [0.3, 0.4) is 0 Å². The van der Waals surface area contributed by atoms with Gasteiger partial charge in [-0.1, -0.05) is 42.0 Å². The molecule has 0 bridgehead atoms. The first-order chi connectivity index (χ1) is 13.4. The first-order valence-electron chi connectivity index (χ1n) is 9.94. The van der Waals surface area contributed by atoms with Crippen LogP contribution < -0.4 is 10.2 Å². The Morgan fingerprint density at radius 2 is 1.86 bits per heavy atom. The molecule has 5 nitrogen and oxygen atoms in total. The lowest BCUT2D eigenvalue weighted by Gasteiger charge is -2.31. The zero-order valence-corrected chi connectivity index (χ0v) is 17.0. The van der Waals surface area contributed by atoms with Gasteiger partial charge < -0.3 is 15.1 Å². The number of anilines is 1. The van der Waals surface area contributed by atoms with Crippen molar-refractivity contribution in [3.05, 3.63) is 65.2 Å². The molecule has 2 aromatic carbocycles. The van der Waals surface area contributed by atoms with Crippen LogP contribution in [0.25, 0.3) is 0 Å². The van der Waals surface area contributed by atoms with Crippen molar-refractivity contribution in [1.29, 1.82) is 0 Å². The van der Waals surface area contributed by atoms with E-state index in [1.807, 2.05) is 31.2 Å². The maximum absolute atomic E-state index is 12.7. The molecule has 2 atom stereocenters. The Morgan fingerprint density at radius 1 is 1.14 bits per heavy atom. The number of likely N-dealkylation sites (N-methyl/N-ethyl adjacent to an activating group) is 2. The number of benzene rings is 2. The Balaban J connectivity index is 1.54. The van der Waals surface area contributed by atoms with E-state index in [1.54, 1.807) is 7.05 Å². The number of nitrogens with zero attached hydrogens (tertiary/aromatic N) is 1. The fraction of sp³-hybridized carbons (Fsp3) is 0.391. The molecule has 3 rings (SSSR count). The second kappa shape index (κ2) is 9.02. The fourth-order valence-corrected chi connectivity index (χ4v) is 3.90. The summed E-state index contributed by atoms with van der Waals surface area (Å²) in [6.07, 6.45) is 3.36. The minimum absolute atomic E-state index is 0.0142. The lowest BCUT2D eigenvalue weighted by Crippen LogP contribution is -3.10. The Bertz CT molecular complexity index is 832. The van der Waals surface area contributed by atoms with Crippen LogP contribution in [0.15, 0.2) is 48.5 Å². The van der Waals surface area contributed by atoms with E-state index >= 15 is 0 Å². The van der Waals surface area contributed by atoms with Gasteiger partial charge in [0.25, 0.3) is 5.91 Å². The van der Waals surface area contributed by atoms with E-state index in [0.717, 1.165) is 30.5 Å². The Hall–Kier alpha value is -2.66. The summed E-state index contributed by atoms with van der Waals surface area (Å²) in [5.74, 6) is -0.194. The van der Waals surface area contributed by atoms with Gasteiger partial charge in [-0.05, 0) is 37.5 Å². The molecule has 0 aromatic heterocycles. The summed E-state index contributed by atoms with van der Waals surface area (Å²) < 4.78 is 0. The number of hydrogen-bond acceptors (Lipinski definition) is 2. The summed E-state index contributed by atoms with van der Waals surface area (Å²) >= 11 is 0. The van der Waals surface area contributed by atoms with Gasteiger partial charge in [0, 0.05) is 24.7 Å². The van der Waals surface area contributed by atoms with Crippen LogP contribution >= 0.6 is 0 Å². The first-order valence-corrected chi connectivity index (χ1v) is 9.94. The van der Waals surface area contributed by atoms with Crippen LogP contribution in [0, 0.1) is 6.92 Å². The smallest absolute Gasteiger partial charge is 0.277 e. The lowest BCUT2D eigenvalue weighted by molar-refractivity contribution is -0.905. The van der Waals surface area contributed by atoms with E-state index in [2.05, 4.69) is 36.6 Å². The van der Waals surface area contributed by atoms with Crippen molar-refractivity contribution in [2.45, 2.75) is 32.2 Å². The predicted molar refractivity (Wildman–Crippen MR) is 111 cm³/mol. The van der Waals surface area contributed by atoms with Crippen LogP contribution in [0.2, 0.25) is 0 Å². The molecule has 1 unspecified atom stereocenters. The lowest BCUT2D eigenvalue weighted by atomic mass is 9.87. The van der Waals surface area contributed by atoms with Crippen molar-refractivity contribution < 1.29 is 14.5 Å². The number of nitrogens with one attached hydrogen (secondary N) is 2. The largest absolute Gasteiger partial charge is 0.332 e. The minimum atomic E-state index is -0.180. The van der Waals surface area contributed by atoms with E-state index in [0.29, 0.717) is 12.6 Å². The highest BCUT2D eigenvalue weighted by Gasteiger charge is 2.29. The minimum Gasteiger partial charge on any atom is -0.332 e. The number of aryl methyl sites for hydroxylation is 2. The third kappa shape index (κ3) is 4.98. The number of quaternary nitrogens is 1. The summed E-state index contributed by atoms with van der Waals surface area (Å²) in [5, 5.41) is 2.84. The topological polar surface area (TPSA) is 53.9 Å². The molecule has 28 heavy (non-hydrogen) atoms. The summed E-state index contributed by atoms with van der Waals surface area (Å²) in [5.41, 5.74) is 4.65. The maximum Gasteiger partial charge on any atom is 0.277 e. The second-order valence-electron chi connectivity index (χ2n) is 7.83. The highest BCUT2D eigenvalue weighted by atomic mass is 16.2. The summed E-state index contributed by atoms with van der Waals surface area (Å²) in [6, 6.07) is 16.5. The van der Waals surface area contributed by atoms with Gasteiger partial charge in [0.1, 0.15) is 6.04 Å². The molecular weight excluding hydrogens is 350 g/mol. The van der Waals surface area contributed by atoms with Gasteiger partial charge in [-0.3, -0.25) is 9.59 Å². The van der Waals surface area contributed by atoms with E-state index in [4.69, 9.17) is 0 Å². The molecule has 0 radical (unpaired) electrons. The summed E-state index contributed by atoms with van der Waals surface area (Å²) in [4.78, 5) is 27.6. The molecule has 148 valence electrons. The Kier molecular flexibility index (Phi) is 6.47. The number of carbonyl (C=O) groups is 2. The predicted octanol–water partition coefficient (Wildman–Crippen LogP) is 1.98. The molecule has 0 fully saturated rings. The van der Waals surface area contributed by atoms with Gasteiger partial charge in [-0.25, -0.2) is 0 Å². The molecule has 0 saturated heterocycles. The molecule has 0 heterocycles. The average Bonchev–Trinajstić information content (AvgIpc) is 2.69. The fourth-order valence-electron chi connectivity index (χ4n) is 3.90. The Morgan fingerprint density at radius 3 is 2.61 bits per heavy atom. The highest BCUT2D eigenvalue weighted by Crippen LogP contribution is 2.27. The van der Waals surface area contributed by atoms with Crippen molar-refractivity contribution in [2.24, 2.45) is 0 Å². The molecule has 1 aliphatic rings. The van der Waals surface area contributed by atoms with Crippen molar-refractivity contribution in [3.8, 4) is 0 Å². The SMILES string of the molecule is Cc1ccc(NC(=O)CN(C)C(=O)C[NH+](C)[C@H]2CCCc3ccccc32)cc1. The number of hydrogen-bond donors (Lipinski definition) is 2. The van der Waals surface area contributed by atoms with E-state index in [1.165, 1.54) is 20.9 Å². The van der Waals surface area contributed by atoms with Crippen molar-refractivity contribution in [1.82, 2.24) is 4.90 Å². The zero-order chi connectivity index (χ0) is 20.1. The summed E-state index contributed by atoms with van der Waals surface area (Å²) in [6.45, 7) is 2.44. The van der Waals surface area contributed by atoms with Crippen molar-refractivity contribution in [3.63, 3.8) is 0 Å². The van der Waals surface area contributed by atoms with Gasteiger partial charge in [0.05, 0.1) is 13.6 Å². The van der Waals surface area contributed by atoms with Crippen LogP contribution in [-0.4, -0.2) is 43.9 Å². The molecular formula is C23H30N3O2+. The normalized spacial score (nSPS) is 16.8. The standard InChI is InChI=1S/C23H29N3O2/c1-17-11-13-19(14-12-17)24-22(27)15-26(3)23(28)16-25(2)21-10-6-8-18-7-4-5-9-20(18)21/h4-5,7,9,11-14,21H,6,8,10,15-16H2,1-3H3,(H,24,27)/p+1/t21-/m0/s1. The van der Waals surface area contributed by atoms with E-state index < -0.39 is 0 Å². The number of fused-ring (bicyclic) bond motifs is 1. The zero-order valence-electron chi connectivity index (χ0n) is 17.0. The number of rotatable bonds is 6. The molecule has 2 aromatic rings. The van der Waals surface area contributed by atoms with Crippen LogP contribution in [0.5, 0.6) is 0 Å². The number of amides is 2. The van der Waals surface area contributed by atoms with Crippen molar-refractivity contribution >= 4 is 17.5 Å². The van der Waals surface area contributed by atoms with E-state index in [-0.39, 0.29) is 18.4 Å². The van der Waals surface area contributed by atoms with Crippen molar-refractivity contribution in [2.75, 3.05) is 32.5 Å². The third-order valence-electron chi connectivity index (χ3n) is 5.54. The monoisotopic (exact) mass is 380 g/mol. The summed E-state index contributed by atoms with van der Waals surface area (Å²) in [7, 11) is 3.77. The molecule has 1 aliphatic carbocycles. The molecule has 0 aliphatic heterocycles. The Labute approximate surface area is 167 Å². The van der Waals surface area contributed by atoms with Gasteiger partial charge in [-0.2, -0.15) is 0 Å². The van der Waals surface area contributed by atoms with Crippen LogP contribution in [-0.2, 0) is 16.0 Å². The van der Waals surface area contributed by atoms with Crippen LogP contribution in [0.1, 0.15) is 35.6 Å². The van der Waals surface area contributed by atoms with Gasteiger partial charge in [0.15, 0.2) is 6.54 Å². The van der Waals surface area contributed by atoms with Crippen LogP contribution in [0.4, 0.5) is 5.69 Å². The molecule has 5 heteroatoms. The number of carbonyl (C=O) groups excluding carboxylic acids is 2. The molecule has 2 N–H and O–H groups in total. The van der Waals surface area contributed by atoms with E-state index in [9.17, 15) is 9.59 Å². The second-order valence-corrected chi connectivity index (χ2v) is 7.83. The third-order valence-corrected chi connectivity index (χ3v) is 5.54. The van der Waals surface area contributed by atoms with Gasteiger partial charge in [0.2, 0.25) is 5.91 Å². The van der Waals surface area contributed by atoms with Gasteiger partial charge >= 0.3 is 0 Å². The first kappa shape index (κ1) is 20.1. The quantitative estimate of drug-likeness (QED) is 0.805. The maximum atomic E-state index is 12.7. The average molecular weight is 381 g/mol. The molecule has 0 spiro atoms. The molecule has 0 saturated carbocycles.